The van der Waals surface area contributed by atoms with Gasteiger partial charge in [-0.25, -0.2) is 14.4 Å². The number of carboxylic acids is 1. The third-order valence-corrected chi connectivity index (χ3v) is 9.21. The summed E-state index contributed by atoms with van der Waals surface area (Å²) in [5, 5.41) is 21.4. The molecule has 0 saturated heterocycles. The smallest absolute Gasteiger partial charge is 0.307 e. The van der Waals surface area contributed by atoms with Crippen LogP contribution in [0.4, 0.5) is 10.2 Å². The number of carbonyl (C=O) groups is 2. The molecule has 2 aromatic heterocycles. The number of amidine groups is 1. The summed E-state index contributed by atoms with van der Waals surface area (Å²) in [7, 11) is 1.72. The number of fused-ring (bicyclic) bond motifs is 1. The summed E-state index contributed by atoms with van der Waals surface area (Å²) in [5.41, 5.74) is 3.26. The van der Waals surface area contributed by atoms with Crippen molar-refractivity contribution >= 4 is 52.8 Å². The quantitative estimate of drug-likeness (QED) is 0.0486. The first-order valence-electron chi connectivity index (χ1n) is 14.4. The minimum atomic E-state index is -0.902. The molecule has 44 heavy (non-hydrogen) atoms. The minimum Gasteiger partial charge on any atom is -0.481 e. The molecule has 0 spiro atoms. The molecule has 0 aliphatic rings. The molecule has 0 fully saturated rings. The van der Waals surface area contributed by atoms with Gasteiger partial charge in [-0.15, -0.1) is 0 Å². The van der Waals surface area contributed by atoms with Crippen LogP contribution < -0.4 is 5.32 Å². The van der Waals surface area contributed by atoms with E-state index in [4.69, 9.17) is 5.41 Å². The van der Waals surface area contributed by atoms with E-state index in [0.717, 1.165) is 23.1 Å². The van der Waals surface area contributed by atoms with E-state index in [-0.39, 0.29) is 34.9 Å². The number of aliphatic carboxylic acids is 1. The third-order valence-electron chi connectivity index (χ3n) is 7.73. The molecule has 0 radical (unpaired) electrons. The van der Waals surface area contributed by atoms with Crippen molar-refractivity contribution in [1.82, 2.24) is 9.97 Å². The van der Waals surface area contributed by atoms with Gasteiger partial charge in [0.2, 0.25) is 0 Å². The topological polar surface area (TPSA) is 131 Å². The SMILES string of the molecule is C=NC(=N)C(CCC(C)(C)CSCCc1c(C(=O)c2ccnc(NC)c2)c(F)cc2[nH]ccc12)c1cccc(CC(=O)O)c1. The van der Waals surface area contributed by atoms with Crippen molar-refractivity contribution in [3.05, 3.63) is 94.6 Å². The first-order valence-corrected chi connectivity index (χ1v) is 15.6. The van der Waals surface area contributed by atoms with Crippen LogP contribution in [0.2, 0.25) is 0 Å². The summed E-state index contributed by atoms with van der Waals surface area (Å²) >= 11 is 1.75. The summed E-state index contributed by atoms with van der Waals surface area (Å²) in [5.74, 6) is 0.0925. The van der Waals surface area contributed by atoms with Gasteiger partial charge in [0.1, 0.15) is 17.5 Å². The molecule has 2 heterocycles. The van der Waals surface area contributed by atoms with Gasteiger partial charge < -0.3 is 15.4 Å². The van der Waals surface area contributed by atoms with Crippen LogP contribution in [0, 0.1) is 16.6 Å². The second-order valence-electron chi connectivity index (χ2n) is 11.6. The first kappa shape index (κ1) is 32.6. The molecule has 10 heteroatoms. The molecule has 230 valence electrons. The average Bonchev–Trinajstić information content (AvgIpc) is 3.47. The van der Waals surface area contributed by atoms with Crippen molar-refractivity contribution in [2.45, 2.75) is 45.4 Å². The molecule has 4 aromatic rings. The first-order chi connectivity index (χ1) is 21.0. The molecule has 8 nitrogen and oxygen atoms in total. The Morgan fingerprint density at radius 1 is 1.23 bits per heavy atom. The van der Waals surface area contributed by atoms with E-state index in [1.807, 2.05) is 24.3 Å². The maximum absolute atomic E-state index is 15.4. The summed E-state index contributed by atoms with van der Waals surface area (Å²) in [6, 6.07) is 13.8. The van der Waals surface area contributed by atoms with Crippen molar-refractivity contribution in [1.29, 1.82) is 5.41 Å². The number of hydrogen-bond donors (Lipinski definition) is 4. The van der Waals surface area contributed by atoms with Crippen LogP contribution >= 0.6 is 11.8 Å². The molecule has 4 N–H and O–H groups in total. The Hall–Kier alpha value is -4.31. The number of aryl methyl sites for hydroxylation is 1. The predicted octanol–water partition coefficient (Wildman–Crippen LogP) is 7.15. The van der Waals surface area contributed by atoms with Crippen molar-refractivity contribution in [3.8, 4) is 0 Å². The van der Waals surface area contributed by atoms with Gasteiger partial charge in [0.05, 0.1) is 12.0 Å². The van der Waals surface area contributed by atoms with Crippen LogP contribution in [0.3, 0.4) is 0 Å². The number of aromatic nitrogens is 2. The van der Waals surface area contributed by atoms with Gasteiger partial charge in [0.25, 0.3) is 0 Å². The number of H-pyrrole nitrogens is 1. The number of carbonyl (C=O) groups excluding carboxylic acids is 1. The fraction of sp³-hybridized carbons (Fsp3) is 0.324. The zero-order valence-electron chi connectivity index (χ0n) is 25.2. The van der Waals surface area contributed by atoms with Crippen LogP contribution in [-0.4, -0.2) is 57.9 Å². The number of thioether (sulfide) groups is 1. The van der Waals surface area contributed by atoms with Gasteiger partial charge in [-0.3, -0.25) is 15.0 Å². The summed E-state index contributed by atoms with van der Waals surface area (Å²) < 4.78 is 15.4. The Morgan fingerprint density at radius 2 is 2.02 bits per heavy atom. The molecular formula is C34H38FN5O3S. The van der Waals surface area contributed by atoms with Crippen LogP contribution in [0.1, 0.15) is 65.2 Å². The van der Waals surface area contributed by atoms with Gasteiger partial charge in [-0.2, -0.15) is 11.8 Å². The van der Waals surface area contributed by atoms with Crippen molar-refractivity contribution in [2.75, 3.05) is 23.9 Å². The molecule has 2 aromatic carbocycles. The van der Waals surface area contributed by atoms with Crippen LogP contribution in [-0.2, 0) is 17.6 Å². The molecule has 0 bridgehead atoms. The Morgan fingerprint density at radius 3 is 2.75 bits per heavy atom. The fourth-order valence-corrected chi connectivity index (χ4v) is 6.59. The largest absolute Gasteiger partial charge is 0.481 e. The molecule has 1 unspecified atom stereocenters. The van der Waals surface area contributed by atoms with Gasteiger partial charge in [-0.1, -0.05) is 38.1 Å². The number of halogens is 1. The van der Waals surface area contributed by atoms with Gasteiger partial charge in [0, 0.05) is 41.8 Å². The fourth-order valence-electron chi connectivity index (χ4n) is 5.40. The lowest BCUT2D eigenvalue weighted by Gasteiger charge is -2.27. The molecule has 0 aliphatic carbocycles. The van der Waals surface area contributed by atoms with E-state index < -0.39 is 11.8 Å². The number of nitrogens with one attached hydrogen (secondary N) is 3. The number of aromatic amines is 1. The summed E-state index contributed by atoms with van der Waals surface area (Å²) in [6.45, 7) is 7.90. The Labute approximate surface area is 261 Å². The Kier molecular flexibility index (Phi) is 10.7. The van der Waals surface area contributed by atoms with Gasteiger partial charge >= 0.3 is 5.97 Å². The van der Waals surface area contributed by atoms with Crippen molar-refractivity contribution < 1.29 is 19.1 Å². The maximum Gasteiger partial charge on any atom is 0.307 e. The standard InChI is InChI=1S/C34H38FN5O3S/c1-34(2,12-8-24(33(36)38-4)22-7-5-6-21(16-22)17-30(41)42)20-44-15-11-26-25-10-14-39-28(25)19-27(35)31(26)32(43)23-9-13-40-29(18-23)37-3/h5-7,9-10,13-14,16,18-19,24,36,39H,4,8,11-12,15,17,20H2,1-3H3,(H,37,40)(H,41,42). The lowest BCUT2D eigenvalue weighted by molar-refractivity contribution is -0.136. The van der Waals surface area contributed by atoms with Gasteiger partial charge in [0.15, 0.2) is 5.78 Å². The molecule has 0 amide bonds. The molecule has 1 atom stereocenters. The maximum atomic E-state index is 15.4. The lowest BCUT2D eigenvalue weighted by Crippen LogP contribution is -2.19. The van der Waals surface area contributed by atoms with E-state index in [1.165, 1.54) is 12.3 Å². The van der Waals surface area contributed by atoms with E-state index >= 15 is 4.39 Å². The summed E-state index contributed by atoms with van der Waals surface area (Å²) in [4.78, 5) is 35.9. The van der Waals surface area contributed by atoms with Crippen LogP contribution in [0.25, 0.3) is 10.9 Å². The minimum absolute atomic E-state index is 0.0786. The number of benzene rings is 2. The molecule has 4 rings (SSSR count). The van der Waals surface area contributed by atoms with Crippen molar-refractivity contribution in [3.63, 3.8) is 0 Å². The Balaban J connectivity index is 1.45. The second kappa shape index (κ2) is 14.4. The number of ketones is 1. The highest BCUT2D eigenvalue weighted by atomic mass is 32.2. The van der Waals surface area contributed by atoms with E-state index in [0.29, 0.717) is 46.6 Å². The van der Waals surface area contributed by atoms with E-state index in [9.17, 15) is 14.7 Å². The number of rotatable bonds is 15. The monoisotopic (exact) mass is 615 g/mol. The number of anilines is 1. The average molecular weight is 616 g/mol. The number of hydrogen-bond acceptors (Lipinski definition) is 6. The van der Waals surface area contributed by atoms with Crippen molar-refractivity contribution in [2.24, 2.45) is 10.4 Å². The van der Waals surface area contributed by atoms with E-state index in [1.54, 1.807) is 43.2 Å². The Bertz CT molecular complexity index is 1680. The number of aliphatic imine (C=N–C) groups is 1. The molecule has 0 aliphatic heterocycles. The highest BCUT2D eigenvalue weighted by Gasteiger charge is 2.25. The molecular weight excluding hydrogens is 577 g/mol. The van der Waals surface area contributed by atoms with Crippen LogP contribution in [0.15, 0.2) is 65.9 Å². The normalized spacial score (nSPS) is 12.2. The zero-order chi connectivity index (χ0) is 31.9. The highest BCUT2D eigenvalue weighted by molar-refractivity contribution is 7.99. The highest BCUT2D eigenvalue weighted by Crippen LogP contribution is 2.34. The molecule has 0 saturated carbocycles. The number of carboxylic acid groups (broad SMARTS) is 1. The number of pyridine rings is 1. The predicted molar refractivity (Wildman–Crippen MR) is 177 cm³/mol. The van der Waals surface area contributed by atoms with Gasteiger partial charge in [-0.05, 0) is 83.9 Å². The zero-order valence-corrected chi connectivity index (χ0v) is 26.1. The van der Waals surface area contributed by atoms with E-state index in [2.05, 4.69) is 40.8 Å². The lowest BCUT2D eigenvalue weighted by atomic mass is 9.83. The third kappa shape index (κ3) is 7.99. The summed E-state index contributed by atoms with van der Waals surface area (Å²) in [6.07, 6.45) is 5.19. The number of nitrogens with zero attached hydrogens (tertiary/aromatic N) is 2. The van der Waals surface area contributed by atoms with Crippen LogP contribution in [0.5, 0.6) is 0 Å². The second-order valence-corrected chi connectivity index (χ2v) is 12.7.